The van der Waals surface area contributed by atoms with Crippen LogP contribution >= 0.6 is 0 Å². The molecule has 0 aromatic heterocycles. The van der Waals surface area contributed by atoms with E-state index in [4.69, 9.17) is 4.74 Å². The third-order valence-electron chi connectivity index (χ3n) is 1.48. The summed E-state index contributed by atoms with van der Waals surface area (Å²) in [5, 5.41) is 0. The first-order chi connectivity index (χ1) is 5.47. The van der Waals surface area contributed by atoms with Crippen LogP contribution in [-0.2, 0) is 19.3 Å². The predicted molar refractivity (Wildman–Crippen MR) is 38.9 cm³/mol. The highest BCUT2D eigenvalue weighted by molar-refractivity contribution is 7.80. The normalized spacial score (nSPS) is 24.1. The lowest BCUT2D eigenvalue weighted by Gasteiger charge is -2.12. The van der Waals surface area contributed by atoms with E-state index in [1.165, 1.54) is 0 Å². The number of ether oxygens (including phenoxy) is 1. The zero-order chi connectivity index (χ0) is 9.19. The van der Waals surface area contributed by atoms with Crippen LogP contribution in [0.3, 0.4) is 0 Å². The van der Waals surface area contributed by atoms with Gasteiger partial charge in [-0.15, -0.1) is 0 Å². The van der Waals surface area contributed by atoms with E-state index in [-0.39, 0.29) is 12.7 Å². The molecule has 6 heteroatoms. The highest BCUT2D eigenvalue weighted by Crippen LogP contribution is 2.21. The molecule has 1 heterocycles. The lowest BCUT2D eigenvalue weighted by molar-refractivity contribution is 0.0982. The van der Waals surface area contributed by atoms with Crippen LogP contribution in [0, 0.1) is 0 Å². The molecule has 0 N–H and O–H groups in total. The zero-order valence-electron chi connectivity index (χ0n) is 6.36. The van der Waals surface area contributed by atoms with Gasteiger partial charge in [-0.1, -0.05) is 6.58 Å². The summed E-state index contributed by atoms with van der Waals surface area (Å²) in [6, 6.07) is 0. The first kappa shape index (κ1) is 9.50. The van der Waals surface area contributed by atoms with E-state index in [0.717, 1.165) is 0 Å². The molecule has 70 valence electrons. The molecule has 0 aromatic carbocycles. The Labute approximate surface area is 70.9 Å². The van der Waals surface area contributed by atoms with Gasteiger partial charge in [-0.05, 0) is 6.42 Å². The van der Waals surface area contributed by atoms with Crippen molar-refractivity contribution >= 4 is 10.4 Å². The van der Waals surface area contributed by atoms with Crippen LogP contribution in [0.2, 0.25) is 0 Å². The lowest BCUT2D eigenvalue weighted by atomic mass is 10.2. The molecule has 1 aliphatic heterocycles. The van der Waals surface area contributed by atoms with Gasteiger partial charge < -0.3 is 9.29 Å². The van der Waals surface area contributed by atoms with Gasteiger partial charge in [0, 0.05) is 6.42 Å². The highest BCUT2D eigenvalue weighted by atomic mass is 32.3. The molecule has 0 radical (unpaired) electrons. The topological polar surface area (TPSA) is 75.7 Å². The fraction of sp³-hybridized carbons (Fsp3) is 0.667. The molecule has 1 rings (SSSR count). The maximum absolute atomic E-state index is 10.0. The van der Waals surface area contributed by atoms with Gasteiger partial charge in [0.05, 0.1) is 5.76 Å². The van der Waals surface area contributed by atoms with Crippen molar-refractivity contribution in [1.82, 2.24) is 0 Å². The van der Waals surface area contributed by atoms with E-state index in [1.54, 1.807) is 0 Å². The Morgan fingerprint density at radius 1 is 1.75 bits per heavy atom. The minimum absolute atomic E-state index is 0.217. The Balaban J connectivity index is 2.30. The van der Waals surface area contributed by atoms with E-state index in [1.807, 2.05) is 0 Å². The van der Waals surface area contributed by atoms with E-state index in [9.17, 15) is 13.0 Å². The summed E-state index contributed by atoms with van der Waals surface area (Å²) in [7, 11) is -4.59. The summed E-state index contributed by atoms with van der Waals surface area (Å²) in [6.07, 6.45) is 0.989. The van der Waals surface area contributed by atoms with E-state index in [0.29, 0.717) is 18.6 Å². The minimum Gasteiger partial charge on any atom is -0.726 e. The Hall–Kier alpha value is -0.590. The Kier molecular flexibility index (Phi) is 2.71. The maximum Gasteiger partial charge on any atom is 0.217 e. The molecule has 0 amide bonds. The second-order valence-corrected chi connectivity index (χ2v) is 3.56. The molecule has 1 saturated heterocycles. The van der Waals surface area contributed by atoms with Crippen molar-refractivity contribution < 1.29 is 21.9 Å². The number of hydrogen-bond donors (Lipinski definition) is 0. The average molecular weight is 193 g/mol. The van der Waals surface area contributed by atoms with Crippen molar-refractivity contribution in [2.45, 2.75) is 18.9 Å². The summed E-state index contributed by atoms with van der Waals surface area (Å²) in [6.45, 7) is 3.33. The lowest BCUT2D eigenvalue weighted by Crippen LogP contribution is -2.17. The van der Waals surface area contributed by atoms with Crippen LogP contribution in [0.1, 0.15) is 12.8 Å². The van der Waals surface area contributed by atoms with Crippen molar-refractivity contribution in [3.8, 4) is 0 Å². The first-order valence-corrected chi connectivity index (χ1v) is 4.75. The summed E-state index contributed by atoms with van der Waals surface area (Å²) >= 11 is 0. The van der Waals surface area contributed by atoms with Crippen molar-refractivity contribution in [3.63, 3.8) is 0 Å². The van der Waals surface area contributed by atoms with Gasteiger partial charge in [0.1, 0.15) is 12.7 Å². The van der Waals surface area contributed by atoms with Gasteiger partial charge in [-0.2, -0.15) is 0 Å². The summed E-state index contributed by atoms with van der Waals surface area (Å²) < 4.78 is 39.1. The molecule has 1 fully saturated rings. The Morgan fingerprint density at radius 2 is 2.42 bits per heavy atom. The van der Waals surface area contributed by atoms with Crippen LogP contribution < -0.4 is 0 Å². The molecule has 1 unspecified atom stereocenters. The monoisotopic (exact) mass is 193 g/mol. The van der Waals surface area contributed by atoms with Crippen molar-refractivity contribution in [2.24, 2.45) is 0 Å². The van der Waals surface area contributed by atoms with Gasteiger partial charge in [-0.3, -0.25) is 4.18 Å². The van der Waals surface area contributed by atoms with Crippen LogP contribution in [0.15, 0.2) is 12.3 Å². The van der Waals surface area contributed by atoms with E-state index in [2.05, 4.69) is 10.8 Å². The van der Waals surface area contributed by atoms with E-state index >= 15 is 0 Å². The first-order valence-electron chi connectivity index (χ1n) is 3.42. The highest BCUT2D eigenvalue weighted by Gasteiger charge is 2.19. The standard InChI is InChI=1S/C6H10O5S/c1-5-2-3-6(11-5)4-10-12(7,8)9/h6H,1-4H2,(H,7,8,9)/p-1. The van der Waals surface area contributed by atoms with Gasteiger partial charge in [0.15, 0.2) is 0 Å². The second-order valence-electron chi connectivity index (χ2n) is 2.51. The van der Waals surface area contributed by atoms with Gasteiger partial charge in [0.2, 0.25) is 10.4 Å². The van der Waals surface area contributed by atoms with E-state index < -0.39 is 10.4 Å². The number of rotatable bonds is 3. The SMILES string of the molecule is C=C1CCC(COS(=O)(=O)[O-])O1. The molecule has 0 bridgehead atoms. The molecule has 0 aromatic rings. The molecule has 12 heavy (non-hydrogen) atoms. The summed E-state index contributed by atoms with van der Waals surface area (Å²) in [5.74, 6) is 0.604. The number of hydrogen-bond acceptors (Lipinski definition) is 5. The molecule has 5 nitrogen and oxygen atoms in total. The summed E-state index contributed by atoms with van der Waals surface area (Å²) in [4.78, 5) is 0. The number of allylic oxidation sites excluding steroid dienone is 1. The van der Waals surface area contributed by atoms with Gasteiger partial charge >= 0.3 is 0 Å². The van der Waals surface area contributed by atoms with Crippen molar-refractivity contribution in [2.75, 3.05) is 6.61 Å². The average Bonchev–Trinajstić information content (AvgIpc) is 2.30. The third kappa shape index (κ3) is 3.21. The van der Waals surface area contributed by atoms with Gasteiger partial charge in [-0.25, -0.2) is 8.42 Å². The van der Waals surface area contributed by atoms with Crippen molar-refractivity contribution in [3.05, 3.63) is 12.3 Å². The van der Waals surface area contributed by atoms with Crippen LogP contribution in [0.4, 0.5) is 0 Å². The predicted octanol–water partition coefficient (Wildman–Crippen LogP) is 0.156. The third-order valence-corrected chi connectivity index (χ3v) is 1.90. The second kappa shape index (κ2) is 3.42. The molecule has 0 spiro atoms. The Bertz CT molecular complexity index is 268. The van der Waals surface area contributed by atoms with Crippen LogP contribution in [0.5, 0.6) is 0 Å². The molecule has 1 atom stereocenters. The smallest absolute Gasteiger partial charge is 0.217 e. The van der Waals surface area contributed by atoms with Crippen LogP contribution in [-0.4, -0.2) is 25.7 Å². The minimum atomic E-state index is -4.59. The fourth-order valence-corrected chi connectivity index (χ4v) is 1.27. The molecular weight excluding hydrogens is 184 g/mol. The Morgan fingerprint density at radius 3 is 2.83 bits per heavy atom. The largest absolute Gasteiger partial charge is 0.726 e. The quantitative estimate of drug-likeness (QED) is 0.471. The molecule has 0 aliphatic carbocycles. The van der Waals surface area contributed by atoms with Crippen molar-refractivity contribution in [1.29, 1.82) is 0 Å². The fourth-order valence-electron chi connectivity index (χ4n) is 0.952. The van der Waals surface area contributed by atoms with Crippen LogP contribution in [0.25, 0.3) is 0 Å². The zero-order valence-corrected chi connectivity index (χ0v) is 7.17. The maximum atomic E-state index is 10.0. The molecule has 0 saturated carbocycles. The molecular formula is C6H9O5S-. The summed E-state index contributed by atoms with van der Waals surface area (Å²) in [5.41, 5.74) is 0. The molecule has 1 aliphatic rings. The van der Waals surface area contributed by atoms with Gasteiger partial charge in [0.25, 0.3) is 0 Å².